The number of nitrogens with zero attached hydrogens (tertiary/aromatic N) is 3. The molecule has 0 spiro atoms. The predicted molar refractivity (Wildman–Crippen MR) is 71.5 cm³/mol. The number of aliphatic hydroxyl groups is 1. The maximum Gasteiger partial charge on any atom is 0.0764 e. The molecule has 0 fully saturated rings. The molecule has 0 amide bonds. The van der Waals surface area contributed by atoms with Gasteiger partial charge in [0.25, 0.3) is 0 Å². The second-order valence-corrected chi connectivity index (χ2v) is 4.54. The maximum absolute atomic E-state index is 9.04. The molecule has 0 saturated carbocycles. The third-order valence-electron chi connectivity index (χ3n) is 3.12. The molecular formula is C13H25N3O2. The van der Waals surface area contributed by atoms with Crippen molar-refractivity contribution in [3.63, 3.8) is 0 Å². The Morgan fingerprint density at radius 3 is 2.89 bits per heavy atom. The van der Waals surface area contributed by atoms with Crippen molar-refractivity contribution >= 4 is 0 Å². The second kappa shape index (κ2) is 8.24. The number of hydrogen-bond donors (Lipinski definition) is 1. The predicted octanol–water partition coefficient (Wildman–Crippen LogP) is 1.29. The first kappa shape index (κ1) is 15.1. The van der Waals surface area contributed by atoms with Gasteiger partial charge in [0.1, 0.15) is 0 Å². The monoisotopic (exact) mass is 255 g/mol. The highest BCUT2D eigenvalue weighted by Crippen LogP contribution is 2.10. The van der Waals surface area contributed by atoms with Gasteiger partial charge in [0.05, 0.1) is 18.9 Å². The van der Waals surface area contributed by atoms with E-state index in [0.717, 1.165) is 25.2 Å². The van der Waals surface area contributed by atoms with Gasteiger partial charge < -0.3 is 9.84 Å². The molecule has 1 aromatic rings. The molecule has 0 radical (unpaired) electrons. The van der Waals surface area contributed by atoms with Gasteiger partial charge in [-0.15, -0.1) is 0 Å². The summed E-state index contributed by atoms with van der Waals surface area (Å²) >= 11 is 0. The summed E-state index contributed by atoms with van der Waals surface area (Å²) in [6.07, 6.45) is 3.10. The summed E-state index contributed by atoms with van der Waals surface area (Å²) in [6.45, 7) is 7.37. The first-order chi connectivity index (χ1) is 8.71. The van der Waals surface area contributed by atoms with Crippen LogP contribution in [-0.4, -0.2) is 53.2 Å². The highest BCUT2D eigenvalue weighted by Gasteiger charge is 2.09. The van der Waals surface area contributed by atoms with Gasteiger partial charge >= 0.3 is 0 Å². The van der Waals surface area contributed by atoms with Crippen molar-refractivity contribution in [3.8, 4) is 0 Å². The molecule has 1 rings (SSSR count). The highest BCUT2D eigenvalue weighted by molar-refractivity contribution is 4.99. The zero-order valence-electron chi connectivity index (χ0n) is 11.7. The van der Waals surface area contributed by atoms with Gasteiger partial charge in [-0.05, 0) is 19.4 Å². The molecule has 0 aliphatic rings. The standard InChI is InChI=1S/C13H25N3O2/c1-4-12(2)16-6-5-13(14-16)11-15(7-9-17)8-10-18-3/h5-6,12,17H,4,7-11H2,1-3H3. The van der Waals surface area contributed by atoms with Crippen LogP contribution in [0.4, 0.5) is 0 Å². The van der Waals surface area contributed by atoms with E-state index in [1.807, 2.05) is 16.9 Å². The third kappa shape index (κ3) is 4.76. The largest absolute Gasteiger partial charge is 0.395 e. The third-order valence-corrected chi connectivity index (χ3v) is 3.12. The van der Waals surface area contributed by atoms with E-state index in [1.54, 1.807) is 7.11 Å². The van der Waals surface area contributed by atoms with Gasteiger partial charge in [0.2, 0.25) is 0 Å². The molecule has 0 saturated heterocycles. The molecular weight excluding hydrogens is 230 g/mol. The van der Waals surface area contributed by atoms with Crippen molar-refractivity contribution in [2.24, 2.45) is 0 Å². The van der Waals surface area contributed by atoms with Crippen molar-refractivity contribution < 1.29 is 9.84 Å². The van der Waals surface area contributed by atoms with E-state index < -0.39 is 0 Å². The smallest absolute Gasteiger partial charge is 0.0764 e. The number of methoxy groups -OCH3 is 1. The van der Waals surface area contributed by atoms with Crippen LogP contribution in [0.3, 0.4) is 0 Å². The summed E-state index contributed by atoms with van der Waals surface area (Å²) in [5, 5.41) is 13.6. The Hall–Kier alpha value is -0.910. The molecule has 5 heteroatoms. The van der Waals surface area contributed by atoms with Crippen LogP contribution < -0.4 is 0 Å². The summed E-state index contributed by atoms with van der Waals surface area (Å²) in [6, 6.07) is 2.48. The summed E-state index contributed by atoms with van der Waals surface area (Å²) in [5.74, 6) is 0. The maximum atomic E-state index is 9.04. The number of ether oxygens (including phenoxy) is 1. The van der Waals surface area contributed by atoms with Crippen molar-refractivity contribution in [2.75, 3.05) is 33.4 Å². The Morgan fingerprint density at radius 2 is 2.28 bits per heavy atom. The van der Waals surface area contributed by atoms with Gasteiger partial charge in [-0.25, -0.2) is 0 Å². The Morgan fingerprint density at radius 1 is 1.50 bits per heavy atom. The van der Waals surface area contributed by atoms with E-state index in [1.165, 1.54) is 0 Å². The van der Waals surface area contributed by atoms with E-state index in [9.17, 15) is 0 Å². The molecule has 1 atom stereocenters. The van der Waals surface area contributed by atoms with Crippen LogP contribution in [0.2, 0.25) is 0 Å². The van der Waals surface area contributed by atoms with Gasteiger partial charge in [-0.2, -0.15) is 5.10 Å². The van der Waals surface area contributed by atoms with Crippen LogP contribution in [-0.2, 0) is 11.3 Å². The molecule has 0 bridgehead atoms. The first-order valence-electron chi connectivity index (χ1n) is 6.57. The Balaban J connectivity index is 2.54. The fraction of sp³-hybridized carbons (Fsp3) is 0.769. The molecule has 104 valence electrons. The molecule has 0 aromatic carbocycles. The fourth-order valence-electron chi connectivity index (χ4n) is 1.76. The lowest BCUT2D eigenvalue weighted by atomic mass is 10.3. The van der Waals surface area contributed by atoms with Crippen LogP contribution in [0.1, 0.15) is 32.0 Å². The number of aliphatic hydroxyl groups excluding tert-OH is 1. The summed E-state index contributed by atoms with van der Waals surface area (Å²) in [5.41, 5.74) is 1.04. The van der Waals surface area contributed by atoms with Crippen LogP contribution >= 0.6 is 0 Å². The van der Waals surface area contributed by atoms with Gasteiger partial charge in [0.15, 0.2) is 0 Å². The van der Waals surface area contributed by atoms with Crippen LogP contribution in [0, 0.1) is 0 Å². The molecule has 0 aliphatic heterocycles. The van der Waals surface area contributed by atoms with Gasteiger partial charge in [-0.3, -0.25) is 9.58 Å². The number of rotatable bonds is 9. The summed E-state index contributed by atoms with van der Waals surface area (Å²) < 4.78 is 7.07. The zero-order valence-corrected chi connectivity index (χ0v) is 11.7. The van der Waals surface area contributed by atoms with Crippen molar-refractivity contribution in [1.82, 2.24) is 14.7 Å². The summed E-state index contributed by atoms with van der Waals surface area (Å²) in [7, 11) is 1.69. The van der Waals surface area contributed by atoms with Crippen molar-refractivity contribution in [1.29, 1.82) is 0 Å². The molecule has 1 unspecified atom stereocenters. The number of aromatic nitrogens is 2. The zero-order chi connectivity index (χ0) is 13.4. The second-order valence-electron chi connectivity index (χ2n) is 4.54. The highest BCUT2D eigenvalue weighted by atomic mass is 16.5. The van der Waals surface area contributed by atoms with E-state index >= 15 is 0 Å². The normalized spacial score (nSPS) is 13.2. The van der Waals surface area contributed by atoms with Crippen LogP contribution in [0.25, 0.3) is 0 Å². The lowest BCUT2D eigenvalue weighted by Crippen LogP contribution is -2.30. The van der Waals surface area contributed by atoms with Crippen LogP contribution in [0.15, 0.2) is 12.3 Å². The van der Waals surface area contributed by atoms with Crippen molar-refractivity contribution in [3.05, 3.63) is 18.0 Å². The minimum atomic E-state index is 0.162. The molecule has 5 nitrogen and oxygen atoms in total. The minimum Gasteiger partial charge on any atom is -0.395 e. The quantitative estimate of drug-likeness (QED) is 0.722. The lowest BCUT2D eigenvalue weighted by molar-refractivity contribution is 0.126. The van der Waals surface area contributed by atoms with Crippen LogP contribution in [0.5, 0.6) is 0 Å². The van der Waals surface area contributed by atoms with E-state index in [-0.39, 0.29) is 6.61 Å². The fourth-order valence-corrected chi connectivity index (χ4v) is 1.76. The van der Waals surface area contributed by atoms with E-state index in [4.69, 9.17) is 9.84 Å². The Labute approximate surface area is 109 Å². The molecule has 1 aromatic heterocycles. The first-order valence-corrected chi connectivity index (χ1v) is 6.57. The topological polar surface area (TPSA) is 50.5 Å². The van der Waals surface area contributed by atoms with E-state index in [2.05, 4.69) is 23.8 Å². The number of hydrogen-bond acceptors (Lipinski definition) is 4. The Bertz CT molecular complexity index is 328. The molecule has 18 heavy (non-hydrogen) atoms. The van der Waals surface area contributed by atoms with Gasteiger partial charge in [-0.1, -0.05) is 6.92 Å². The lowest BCUT2D eigenvalue weighted by Gasteiger charge is -2.19. The molecule has 0 aliphatic carbocycles. The Kier molecular flexibility index (Phi) is 6.93. The average Bonchev–Trinajstić information content (AvgIpc) is 2.83. The SMILES string of the molecule is CCC(C)n1ccc(CN(CCO)CCOC)n1. The van der Waals surface area contributed by atoms with E-state index in [0.29, 0.717) is 19.2 Å². The average molecular weight is 255 g/mol. The minimum absolute atomic E-state index is 0.162. The summed E-state index contributed by atoms with van der Waals surface area (Å²) in [4.78, 5) is 2.15. The van der Waals surface area contributed by atoms with Gasteiger partial charge in [0, 0.05) is 39.0 Å². The molecule has 1 heterocycles. The molecule has 1 N–H and O–H groups in total. The van der Waals surface area contributed by atoms with Crippen molar-refractivity contribution in [2.45, 2.75) is 32.9 Å².